The molecule has 2 atom stereocenters. The minimum Gasteiger partial charge on any atom is -0.378 e. The second kappa shape index (κ2) is 10.5. The first-order valence-electron chi connectivity index (χ1n) is 11.5. The largest absolute Gasteiger partial charge is 0.378 e. The fraction of sp³-hybridized carbons (Fsp3) is 0.435. The highest BCUT2D eigenvalue weighted by molar-refractivity contribution is 7.19. The van der Waals surface area contributed by atoms with Crippen molar-refractivity contribution in [3.63, 3.8) is 0 Å². The third kappa shape index (κ3) is 5.34. The van der Waals surface area contributed by atoms with Crippen molar-refractivity contribution in [3.05, 3.63) is 48.2 Å². The standard InChI is InChI=1S/C23H28N8O3S/c1-33-18-13-31(14-18)17-6-3-5-15(11-17)20(34-2)21(32)26-23-29-28-22(35-23)25-16-8-10-30(12-16)19-7-4-9-24-27-19/h3-7,9,11,16,18,20H,8,10,12-14H2,1-2H3,(H,25,28)(H,26,29,32)/t16-,20-/m1/s1. The van der Waals surface area contributed by atoms with Crippen molar-refractivity contribution in [2.24, 2.45) is 0 Å². The van der Waals surface area contributed by atoms with Gasteiger partial charge >= 0.3 is 0 Å². The summed E-state index contributed by atoms with van der Waals surface area (Å²) in [7, 11) is 3.25. The number of nitrogens with zero attached hydrogens (tertiary/aromatic N) is 6. The van der Waals surface area contributed by atoms with Gasteiger partial charge in [-0.25, -0.2) is 0 Å². The fourth-order valence-corrected chi connectivity index (χ4v) is 5.03. The summed E-state index contributed by atoms with van der Waals surface area (Å²) in [6.45, 7) is 3.35. The highest BCUT2D eigenvalue weighted by Gasteiger charge is 2.29. The second-order valence-electron chi connectivity index (χ2n) is 8.53. The van der Waals surface area contributed by atoms with Crippen molar-refractivity contribution in [2.45, 2.75) is 24.7 Å². The van der Waals surface area contributed by atoms with Gasteiger partial charge in [0.1, 0.15) is 0 Å². The number of anilines is 4. The lowest BCUT2D eigenvalue weighted by atomic mass is 10.0. The summed E-state index contributed by atoms with van der Waals surface area (Å²) in [4.78, 5) is 17.4. The van der Waals surface area contributed by atoms with Crippen molar-refractivity contribution in [1.82, 2.24) is 20.4 Å². The van der Waals surface area contributed by atoms with E-state index >= 15 is 0 Å². The SMILES string of the molecule is COC1CN(c2cccc([C@@H](OC)C(=O)Nc3nnc(N[C@@H]4CCN(c5cccnn5)C4)s3)c2)C1. The maximum Gasteiger partial charge on any atom is 0.259 e. The molecule has 2 N–H and O–H groups in total. The number of carbonyl (C=O) groups is 1. The Morgan fingerprint density at radius 2 is 1.94 bits per heavy atom. The Bertz CT molecular complexity index is 1140. The lowest BCUT2D eigenvalue weighted by molar-refractivity contribution is -0.126. The molecule has 12 heteroatoms. The number of hydrogen-bond donors (Lipinski definition) is 2. The van der Waals surface area contributed by atoms with Gasteiger partial charge in [0.2, 0.25) is 10.3 Å². The molecular formula is C23H28N8O3S. The number of ether oxygens (including phenoxy) is 2. The topological polar surface area (TPSA) is 118 Å². The summed E-state index contributed by atoms with van der Waals surface area (Å²) in [6.07, 6.45) is 2.10. The molecule has 0 spiro atoms. The highest BCUT2D eigenvalue weighted by atomic mass is 32.1. The molecule has 1 amide bonds. The molecule has 2 aliphatic heterocycles. The second-order valence-corrected chi connectivity index (χ2v) is 9.51. The first kappa shape index (κ1) is 23.4. The Labute approximate surface area is 207 Å². The first-order valence-corrected chi connectivity index (χ1v) is 12.3. The van der Waals surface area contributed by atoms with Gasteiger partial charge in [0.15, 0.2) is 11.9 Å². The van der Waals surface area contributed by atoms with Crippen LogP contribution in [0.4, 0.5) is 21.8 Å². The van der Waals surface area contributed by atoms with Crippen molar-refractivity contribution in [3.8, 4) is 0 Å². The van der Waals surface area contributed by atoms with Gasteiger partial charge < -0.3 is 24.6 Å². The zero-order valence-electron chi connectivity index (χ0n) is 19.6. The smallest absolute Gasteiger partial charge is 0.259 e. The zero-order chi connectivity index (χ0) is 24.2. The predicted octanol–water partition coefficient (Wildman–Crippen LogP) is 2.18. The van der Waals surface area contributed by atoms with Gasteiger partial charge in [-0.05, 0) is 36.2 Å². The van der Waals surface area contributed by atoms with Crippen molar-refractivity contribution >= 4 is 39.0 Å². The molecule has 0 bridgehead atoms. The number of amides is 1. The third-order valence-electron chi connectivity index (χ3n) is 6.25. The minimum atomic E-state index is -0.759. The molecule has 2 aliphatic rings. The van der Waals surface area contributed by atoms with E-state index in [2.05, 4.69) is 40.8 Å². The molecule has 0 aliphatic carbocycles. The third-order valence-corrected chi connectivity index (χ3v) is 7.02. The van der Waals surface area contributed by atoms with E-state index < -0.39 is 6.10 Å². The molecule has 2 aromatic heterocycles. The van der Waals surface area contributed by atoms with Crippen LogP contribution < -0.4 is 20.4 Å². The van der Waals surface area contributed by atoms with Crippen molar-refractivity contribution < 1.29 is 14.3 Å². The maximum absolute atomic E-state index is 13.0. The van der Waals surface area contributed by atoms with Crippen LogP contribution in [0.2, 0.25) is 0 Å². The summed E-state index contributed by atoms with van der Waals surface area (Å²) in [5, 5.41) is 23.8. The normalized spacial score (nSPS) is 18.9. The number of nitrogens with one attached hydrogen (secondary N) is 2. The van der Waals surface area contributed by atoms with E-state index in [1.165, 1.54) is 18.4 Å². The van der Waals surface area contributed by atoms with Crippen LogP contribution in [0.1, 0.15) is 18.1 Å². The Morgan fingerprint density at radius 3 is 2.71 bits per heavy atom. The zero-order valence-corrected chi connectivity index (χ0v) is 20.4. The predicted molar refractivity (Wildman–Crippen MR) is 134 cm³/mol. The molecule has 0 radical (unpaired) electrons. The van der Waals surface area contributed by atoms with E-state index in [9.17, 15) is 4.79 Å². The number of methoxy groups -OCH3 is 2. The quantitative estimate of drug-likeness (QED) is 0.456. The number of aromatic nitrogens is 4. The molecule has 11 nitrogen and oxygen atoms in total. The van der Waals surface area contributed by atoms with Crippen LogP contribution in [-0.4, -0.2) is 78.8 Å². The van der Waals surface area contributed by atoms with Crippen LogP contribution in [0.5, 0.6) is 0 Å². The molecule has 2 saturated heterocycles. The summed E-state index contributed by atoms with van der Waals surface area (Å²) < 4.78 is 10.9. The number of hydrogen-bond acceptors (Lipinski definition) is 11. The molecule has 2 fully saturated rings. The number of rotatable bonds is 9. The van der Waals surface area contributed by atoms with Crippen LogP contribution in [0.3, 0.4) is 0 Å². The van der Waals surface area contributed by atoms with Crippen LogP contribution in [0.25, 0.3) is 0 Å². The van der Waals surface area contributed by atoms with Gasteiger partial charge in [0, 0.05) is 58.3 Å². The summed E-state index contributed by atoms with van der Waals surface area (Å²) in [5.41, 5.74) is 1.82. The van der Waals surface area contributed by atoms with Gasteiger partial charge in [-0.3, -0.25) is 10.1 Å². The van der Waals surface area contributed by atoms with Crippen LogP contribution in [0, 0.1) is 0 Å². The van der Waals surface area contributed by atoms with E-state index in [0.29, 0.717) is 10.3 Å². The summed E-state index contributed by atoms with van der Waals surface area (Å²) in [5.74, 6) is 0.574. The maximum atomic E-state index is 13.0. The molecule has 0 unspecified atom stereocenters. The molecule has 184 valence electrons. The van der Waals surface area contributed by atoms with Crippen LogP contribution in [-0.2, 0) is 14.3 Å². The Kier molecular flexibility index (Phi) is 7.02. The van der Waals surface area contributed by atoms with Crippen molar-refractivity contribution in [2.75, 3.05) is 60.8 Å². The molecule has 3 aromatic rings. The summed E-state index contributed by atoms with van der Waals surface area (Å²) >= 11 is 1.30. The van der Waals surface area contributed by atoms with E-state index in [4.69, 9.17) is 9.47 Å². The van der Waals surface area contributed by atoms with Gasteiger partial charge in [-0.15, -0.1) is 15.3 Å². The molecule has 35 heavy (non-hydrogen) atoms. The Morgan fingerprint density at radius 1 is 1.09 bits per heavy atom. The summed E-state index contributed by atoms with van der Waals surface area (Å²) in [6, 6.07) is 11.9. The van der Waals surface area contributed by atoms with Crippen LogP contribution >= 0.6 is 11.3 Å². The molecular weight excluding hydrogens is 468 g/mol. The van der Waals surface area contributed by atoms with E-state index in [0.717, 1.165) is 49.7 Å². The van der Waals surface area contributed by atoms with Gasteiger partial charge in [-0.1, -0.05) is 23.5 Å². The average Bonchev–Trinajstić information content (AvgIpc) is 3.50. The highest BCUT2D eigenvalue weighted by Crippen LogP contribution is 2.29. The fourth-order valence-electron chi connectivity index (χ4n) is 4.30. The molecule has 4 heterocycles. The molecule has 1 aromatic carbocycles. The Hall–Kier alpha value is -3.35. The van der Waals surface area contributed by atoms with Crippen molar-refractivity contribution in [1.29, 1.82) is 0 Å². The minimum absolute atomic E-state index is 0.210. The van der Waals surface area contributed by atoms with Gasteiger partial charge in [-0.2, -0.15) is 5.10 Å². The average molecular weight is 497 g/mol. The monoisotopic (exact) mass is 496 g/mol. The first-order chi connectivity index (χ1) is 17.1. The lowest BCUT2D eigenvalue weighted by Gasteiger charge is -2.40. The van der Waals surface area contributed by atoms with E-state index in [1.807, 2.05) is 36.4 Å². The van der Waals surface area contributed by atoms with E-state index in [1.54, 1.807) is 13.3 Å². The number of benzene rings is 1. The molecule has 0 saturated carbocycles. The molecule has 5 rings (SSSR count). The van der Waals surface area contributed by atoms with E-state index in [-0.39, 0.29) is 18.1 Å². The van der Waals surface area contributed by atoms with Gasteiger partial charge in [0.25, 0.3) is 5.91 Å². The lowest BCUT2D eigenvalue weighted by Crippen LogP contribution is -2.51. The number of carbonyl (C=O) groups excluding carboxylic acids is 1. The Balaban J connectivity index is 1.17. The van der Waals surface area contributed by atoms with Gasteiger partial charge in [0.05, 0.1) is 6.10 Å². The van der Waals surface area contributed by atoms with Crippen LogP contribution in [0.15, 0.2) is 42.6 Å².